The number of unbranched alkanes of at least 4 members (excludes halogenated alkanes) is 22. The predicted molar refractivity (Wildman–Crippen MR) is 137 cm³/mol. The van der Waals surface area contributed by atoms with E-state index in [1.165, 1.54) is 135 Å². The minimum Gasteiger partial charge on any atom is -0.285 e. The number of hydrogen-bond acceptors (Lipinski definition) is 2. The summed E-state index contributed by atoms with van der Waals surface area (Å²) in [5.74, 6) is -0.258. The van der Waals surface area contributed by atoms with Crippen molar-refractivity contribution in [3.05, 3.63) is 12.2 Å². The molecule has 0 spiro atoms. The molecular formula is C27H54O3S. The molecule has 0 fully saturated rings. The van der Waals surface area contributed by atoms with E-state index in [0.717, 1.165) is 12.8 Å². The molecule has 31 heavy (non-hydrogen) atoms. The molecule has 3 nitrogen and oxygen atoms in total. The van der Waals surface area contributed by atoms with Crippen molar-refractivity contribution in [2.24, 2.45) is 0 Å². The van der Waals surface area contributed by atoms with Crippen molar-refractivity contribution in [3.63, 3.8) is 0 Å². The van der Waals surface area contributed by atoms with Crippen LogP contribution in [-0.2, 0) is 10.1 Å². The Morgan fingerprint density at radius 1 is 0.484 bits per heavy atom. The molecule has 0 bridgehead atoms. The van der Waals surface area contributed by atoms with E-state index in [1.807, 2.05) is 6.08 Å². The zero-order valence-corrected chi connectivity index (χ0v) is 21.6. The largest absolute Gasteiger partial charge is 0.285 e. The molecule has 0 amide bonds. The Morgan fingerprint density at radius 2 is 0.774 bits per heavy atom. The van der Waals surface area contributed by atoms with Crippen molar-refractivity contribution in [2.45, 2.75) is 155 Å². The summed E-state index contributed by atoms with van der Waals surface area (Å²) in [6.45, 7) is 2.29. The van der Waals surface area contributed by atoms with Gasteiger partial charge < -0.3 is 0 Å². The van der Waals surface area contributed by atoms with Crippen LogP contribution in [0.4, 0.5) is 0 Å². The monoisotopic (exact) mass is 458 g/mol. The molecule has 0 saturated carbocycles. The Hall–Kier alpha value is -0.350. The minimum absolute atomic E-state index is 0.258. The maximum atomic E-state index is 10.6. The van der Waals surface area contributed by atoms with Gasteiger partial charge in [-0.05, 0) is 12.8 Å². The van der Waals surface area contributed by atoms with Crippen molar-refractivity contribution in [1.29, 1.82) is 0 Å². The molecule has 0 aromatic rings. The van der Waals surface area contributed by atoms with Gasteiger partial charge in [-0.25, -0.2) is 0 Å². The third kappa shape index (κ3) is 29.6. The lowest BCUT2D eigenvalue weighted by Gasteiger charge is -2.04. The molecule has 0 atom stereocenters. The van der Waals surface area contributed by atoms with Crippen molar-refractivity contribution >= 4 is 10.1 Å². The first-order valence-corrected chi connectivity index (χ1v) is 15.3. The Kier molecular flexibility index (Phi) is 24.0. The first-order valence-electron chi connectivity index (χ1n) is 13.7. The Bertz CT molecular complexity index is 471. The third-order valence-corrected chi connectivity index (χ3v) is 6.81. The summed E-state index contributed by atoms with van der Waals surface area (Å²) < 4.78 is 29.8. The molecule has 0 aromatic heterocycles. The lowest BCUT2D eigenvalue weighted by molar-refractivity contribution is 0.486. The molecular weight excluding hydrogens is 404 g/mol. The van der Waals surface area contributed by atoms with Crippen LogP contribution in [0.5, 0.6) is 0 Å². The topological polar surface area (TPSA) is 54.4 Å². The number of rotatable bonds is 25. The van der Waals surface area contributed by atoms with E-state index in [4.69, 9.17) is 4.55 Å². The van der Waals surface area contributed by atoms with Crippen molar-refractivity contribution < 1.29 is 13.0 Å². The third-order valence-electron chi connectivity index (χ3n) is 6.20. The van der Waals surface area contributed by atoms with Crippen molar-refractivity contribution in [2.75, 3.05) is 5.75 Å². The van der Waals surface area contributed by atoms with Crippen LogP contribution >= 0.6 is 0 Å². The molecule has 4 heteroatoms. The van der Waals surface area contributed by atoms with Crippen LogP contribution < -0.4 is 0 Å². The fourth-order valence-electron chi connectivity index (χ4n) is 4.18. The summed E-state index contributed by atoms with van der Waals surface area (Å²) in [5, 5.41) is 0. The minimum atomic E-state index is -3.84. The second-order valence-corrected chi connectivity index (χ2v) is 10.9. The molecule has 0 aromatic carbocycles. The molecule has 0 aliphatic carbocycles. The highest BCUT2D eigenvalue weighted by molar-refractivity contribution is 7.85. The maximum absolute atomic E-state index is 10.6. The van der Waals surface area contributed by atoms with E-state index in [9.17, 15) is 8.42 Å². The molecule has 186 valence electrons. The lowest BCUT2D eigenvalue weighted by atomic mass is 10.0. The van der Waals surface area contributed by atoms with Crippen molar-refractivity contribution in [1.82, 2.24) is 0 Å². The van der Waals surface area contributed by atoms with E-state index < -0.39 is 10.1 Å². The summed E-state index contributed by atoms with van der Waals surface area (Å²) >= 11 is 0. The fraction of sp³-hybridized carbons (Fsp3) is 0.926. The summed E-state index contributed by atoms with van der Waals surface area (Å²) in [5.41, 5.74) is 0. The van der Waals surface area contributed by atoms with Gasteiger partial charge in [-0.15, -0.1) is 0 Å². The fourth-order valence-corrected chi connectivity index (χ4v) is 4.56. The molecule has 0 radical (unpaired) electrons. The Labute approximate surface area is 195 Å². The predicted octanol–water partition coefficient (Wildman–Crippen LogP) is 9.42. The van der Waals surface area contributed by atoms with Crippen molar-refractivity contribution in [3.8, 4) is 0 Å². The van der Waals surface area contributed by atoms with Gasteiger partial charge in [0.05, 0.1) is 5.75 Å². The first-order chi connectivity index (χ1) is 15.1. The van der Waals surface area contributed by atoms with Crippen LogP contribution in [0.2, 0.25) is 0 Å². The summed E-state index contributed by atoms with van der Waals surface area (Å²) in [4.78, 5) is 0. The summed E-state index contributed by atoms with van der Waals surface area (Å²) in [6.07, 6.45) is 35.0. The van der Waals surface area contributed by atoms with Crippen LogP contribution in [-0.4, -0.2) is 18.7 Å². The normalized spacial score (nSPS) is 12.2. The average molecular weight is 459 g/mol. The van der Waals surface area contributed by atoms with Crippen LogP contribution in [0.3, 0.4) is 0 Å². The molecule has 0 saturated heterocycles. The Balaban J connectivity index is 3.08. The van der Waals surface area contributed by atoms with E-state index >= 15 is 0 Å². The van der Waals surface area contributed by atoms with Gasteiger partial charge in [0.15, 0.2) is 0 Å². The zero-order chi connectivity index (χ0) is 22.9. The first kappa shape index (κ1) is 30.6. The summed E-state index contributed by atoms with van der Waals surface area (Å²) in [7, 11) is -3.84. The van der Waals surface area contributed by atoms with Crippen LogP contribution in [0.1, 0.15) is 155 Å². The van der Waals surface area contributed by atoms with Gasteiger partial charge >= 0.3 is 0 Å². The Morgan fingerprint density at radius 3 is 1.06 bits per heavy atom. The molecule has 0 unspecified atom stereocenters. The van der Waals surface area contributed by atoms with Gasteiger partial charge in [-0.1, -0.05) is 154 Å². The highest BCUT2D eigenvalue weighted by Gasteiger charge is 1.98. The van der Waals surface area contributed by atoms with Crippen LogP contribution in [0, 0.1) is 0 Å². The average Bonchev–Trinajstić information content (AvgIpc) is 2.73. The second kappa shape index (κ2) is 24.3. The van der Waals surface area contributed by atoms with E-state index in [1.54, 1.807) is 6.08 Å². The smallest absolute Gasteiger partial charge is 0.268 e. The quantitative estimate of drug-likeness (QED) is 0.0841. The second-order valence-electron chi connectivity index (χ2n) is 9.43. The van der Waals surface area contributed by atoms with E-state index in [2.05, 4.69) is 6.92 Å². The number of hydrogen-bond donors (Lipinski definition) is 1. The van der Waals surface area contributed by atoms with Crippen LogP contribution in [0.15, 0.2) is 12.2 Å². The molecule has 0 aliphatic rings. The zero-order valence-electron chi connectivity index (χ0n) is 20.8. The standard InChI is InChI=1S/C27H54O3S/c1-2-3-4-5-6-7-8-9-10-11-12-13-14-15-16-17-18-19-20-21-22-23-24-25-26-27-31(28,29)30/h25-26H,2-24,27H2,1H3,(H,28,29,30)/b26-25+. The SMILES string of the molecule is CCCCCCCCCCCCCCCCCCCCCCCC/C=C/CS(=O)(=O)O. The van der Waals surface area contributed by atoms with Crippen LogP contribution in [0.25, 0.3) is 0 Å². The van der Waals surface area contributed by atoms with Gasteiger partial charge in [0.25, 0.3) is 10.1 Å². The summed E-state index contributed by atoms with van der Waals surface area (Å²) in [6, 6.07) is 0. The van der Waals surface area contributed by atoms with E-state index in [0.29, 0.717) is 0 Å². The number of allylic oxidation sites excluding steroid dienone is 1. The maximum Gasteiger partial charge on any atom is 0.268 e. The van der Waals surface area contributed by atoms with Gasteiger partial charge in [-0.2, -0.15) is 8.42 Å². The molecule has 0 rings (SSSR count). The highest BCUT2D eigenvalue weighted by atomic mass is 32.2. The molecule has 0 aliphatic heterocycles. The molecule has 0 heterocycles. The van der Waals surface area contributed by atoms with E-state index in [-0.39, 0.29) is 5.75 Å². The van der Waals surface area contributed by atoms with Gasteiger partial charge in [0, 0.05) is 0 Å². The van der Waals surface area contributed by atoms with Gasteiger partial charge in [0.2, 0.25) is 0 Å². The van der Waals surface area contributed by atoms with Gasteiger partial charge in [-0.3, -0.25) is 4.55 Å². The highest BCUT2D eigenvalue weighted by Crippen LogP contribution is 2.15. The van der Waals surface area contributed by atoms with Gasteiger partial charge in [0.1, 0.15) is 0 Å². The molecule has 1 N–H and O–H groups in total. The lowest BCUT2D eigenvalue weighted by Crippen LogP contribution is -1.99.